The van der Waals surface area contributed by atoms with Crippen LogP contribution in [0.2, 0.25) is 0 Å². The molecule has 4 rings (SSSR count). The summed E-state index contributed by atoms with van der Waals surface area (Å²) in [6.45, 7) is 0.693. The minimum absolute atomic E-state index is 0.545. The molecule has 3 aromatic carbocycles. The van der Waals surface area contributed by atoms with Crippen LogP contribution in [-0.4, -0.2) is 47.3 Å². The first-order valence-corrected chi connectivity index (χ1v) is 10.6. The molecule has 0 aromatic heterocycles. The fourth-order valence-electron chi connectivity index (χ4n) is 4.62. The Balaban J connectivity index is 1.99. The van der Waals surface area contributed by atoms with Gasteiger partial charge in [-0.3, -0.25) is 5.84 Å². The molecule has 5 nitrogen and oxygen atoms in total. The monoisotopic (exact) mass is 415 g/mol. The predicted octanol–water partition coefficient (Wildman–Crippen LogP) is 3.87. The Morgan fingerprint density at radius 2 is 1.26 bits per heavy atom. The Hall–Kier alpha value is -3.02. The molecular weight excluding hydrogens is 382 g/mol. The van der Waals surface area contributed by atoms with Crippen molar-refractivity contribution in [2.45, 2.75) is 12.1 Å². The van der Waals surface area contributed by atoms with Gasteiger partial charge in [-0.2, -0.15) is 0 Å². The van der Waals surface area contributed by atoms with E-state index in [9.17, 15) is 0 Å². The maximum atomic E-state index is 6.87. The lowest BCUT2D eigenvalue weighted by atomic mass is 9.77. The van der Waals surface area contributed by atoms with Crippen molar-refractivity contribution in [2.24, 2.45) is 5.84 Å². The molecule has 1 unspecified atom stereocenters. The first-order valence-electron chi connectivity index (χ1n) is 10.6. The summed E-state index contributed by atoms with van der Waals surface area (Å²) >= 11 is 0. The molecule has 0 spiro atoms. The third kappa shape index (κ3) is 3.44. The number of rotatable bonds is 5. The highest BCUT2D eigenvalue weighted by Gasteiger charge is 2.47. The van der Waals surface area contributed by atoms with Crippen molar-refractivity contribution in [2.75, 3.05) is 57.0 Å². The molecule has 1 aliphatic rings. The first-order chi connectivity index (χ1) is 14.7. The number of hydrazine groups is 1. The third-order valence-electron chi connectivity index (χ3n) is 6.35. The van der Waals surface area contributed by atoms with Gasteiger partial charge in [-0.05, 0) is 58.7 Å². The van der Waals surface area contributed by atoms with Crippen molar-refractivity contribution in [1.29, 1.82) is 0 Å². The molecule has 0 aliphatic carbocycles. The molecule has 1 aliphatic heterocycles. The molecule has 1 heterocycles. The second kappa shape index (κ2) is 7.91. The minimum Gasteiger partial charge on any atom is -0.378 e. The van der Waals surface area contributed by atoms with Gasteiger partial charge in [0.25, 0.3) is 0 Å². The highest BCUT2D eigenvalue weighted by Crippen LogP contribution is 2.48. The second-order valence-corrected chi connectivity index (χ2v) is 8.96. The molecule has 162 valence electrons. The smallest absolute Gasteiger partial charge is 0.111 e. The summed E-state index contributed by atoms with van der Waals surface area (Å²) in [5, 5.41) is 2.00. The summed E-state index contributed by atoms with van der Waals surface area (Å²) in [6, 6.07) is 24.2. The molecular formula is C26H33N5. The van der Waals surface area contributed by atoms with Crippen LogP contribution in [0.1, 0.15) is 22.3 Å². The summed E-state index contributed by atoms with van der Waals surface area (Å²) in [5.74, 6) is 6.87. The standard InChI is InChI=1S/C26H33N5/c1-28(2)22-12-10-20(11-13-22)26(21-8-7-9-23(17-21)29(3)4)25-15-14-24(30(5)6)16-19(25)18-31(26)27/h7-17H,18,27H2,1-6H3. The van der Waals surface area contributed by atoms with Crippen LogP contribution in [-0.2, 0) is 12.1 Å². The molecule has 0 saturated heterocycles. The van der Waals surface area contributed by atoms with Crippen molar-refractivity contribution < 1.29 is 0 Å². The van der Waals surface area contributed by atoms with Crippen molar-refractivity contribution in [3.63, 3.8) is 0 Å². The number of anilines is 3. The molecule has 0 fully saturated rings. The fraction of sp³-hybridized carbons (Fsp3) is 0.308. The average molecular weight is 416 g/mol. The largest absolute Gasteiger partial charge is 0.378 e. The van der Waals surface area contributed by atoms with Crippen LogP contribution in [0.15, 0.2) is 66.7 Å². The minimum atomic E-state index is -0.545. The van der Waals surface area contributed by atoms with Gasteiger partial charge in [-0.25, -0.2) is 5.01 Å². The second-order valence-electron chi connectivity index (χ2n) is 8.96. The lowest BCUT2D eigenvalue weighted by Gasteiger charge is -2.38. The quantitative estimate of drug-likeness (QED) is 0.641. The van der Waals surface area contributed by atoms with Gasteiger partial charge in [-0.1, -0.05) is 30.3 Å². The maximum absolute atomic E-state index is 6.87. The van der Waals surface area contributed by atoms with E-state index in [1.807, 2.05) is 5.01 Å². The van der Waals surface area contributed by atoms with Crippen molar-refractivity contribution in [3.8, 4) is 0 Å². The Morgan fingerprint density at radius 3 is 1.87 bits per heavy atom. The Morgan fingerprint density at radius 1 is 0.677 bits per heavy atom. The van der Waals surface area contributed by atoms with E-state index < -0.39 is 5.54 Å². The van der Waals surface area contributed by atoms with Crippen LogP contribution in [0.4, 0.5) is 17.1 Å². The molecule has 0 saturated carbocycles. The number of hydrogen-bond donors (Lipinski definition) is 1. The summed E-state index contributed by atoms with van der Waals surface area (Å²) in [7, 11) is 12.4. The topological polar surface area (TPSA) is 39.0 Å². The Labute approximate surface area is 186 Å². The molecule has 0 radical (unpaired) electrons. The molecule has 0 bridgehead atoms. The van der Waals surface area contributed by atoms with E-state index in [1.54, 1.807) is 0 Å². The molecule has 0 amide bonds. The zero-order valence-electron chi connectivity index (χ0n) is 19.4. The fourth-order valence-corrected chi connectivity index (χ4v) is 4.62. The summed E-state index contributed by atoms with van der Waals surface area (Å²) in [6.07, 6.45) is 0. The van der Waals surface area contributed by atoms with Crippen molar-refractivity contribution in [3.05, 3.63) is 89.0 Å². The van der Waals surface area contributed by atoms with E-state index in [0.29, 0.717) is 6.54 Å². The highest BCUT2D eigenvalue weighted by molar-refractivity contribution is 5.63. The molecule has 5 heteroatoms. The lowest BCUT2D eigenvalue weighted by molar-refractivity contribution is 0.179. The van der Waals surface area contributed by atoms with Gasteiger partial charge in [0.2, 0.25) is 0 Å². The zero-order valence-corrected chi connectivity index (χ0v) is 19.4. The summed E-state index contributed by atoms with van der Waals surface area (Å²) in [5.41, 5.74) is 7.83. The van der Waals surface area contributed by atoms with E-state index in [-0.39, 0.29) is 0 Å². The summed E-state index contributed by atoms with van der Waals surface area (Å²) in [4.78, 5) is 6.40. The molecule has 2 N–H and O–H groups in total. The molecule has 31 heavy (non-hydrogen) atoms. The van der Waals surface area contributed by atoms with Crippen LogP contribution in [0, 0.1) is 0 Å². The van der Waals surface area contributed by atoms with Gasteiger partial charge in [0.05, 0.1) is 0 Å². The molecule has 1 atom stereocenters. The highest BCUT2D eigenvalue weighted by atomic mass is 15.5. The third-order valence-corrected chi connectivity index (χ3v) is 6.35. The van der Waals surface area contributed by atoms with Crippen molar-refractivity contribution in [1.82, 2.24) is 5.01 Å². The van der Waals surface area contributed by atoms with Crippen LogP contribution < -0.4 is 20.5 Å². The Bertz CT molecular complexity index is 1070. The van der Waals surface area contributed by atoms with E-state index in [0.717, 1.165) is 5.69 Å². The van der Waals surface area contributed by atoms with Crippen LogP contribution in [0.3, 0.4) is 0 Å². The van der Waals surface area contributed by atoms with Gasteiger partial charge < -0.3 is 14.7 Å². The van der Waals surface area contributed by atoms with Gasteiger partial charge in [-0.15, -0.1) is 0 Å². The average Bonchev–Trinajstić information content (AvgIpc) is 3.05. The van der Waals surface area contributed by atoms with E-state index >= 15 is 0 Å². The van der Waals surface area contributed by atoms with E-state index in [1.165, 1.54) is 33.6 Å². The maximum Gasteiger partial charge on any atom is 0.111 e. The van der Waals surface area contributed by atoms with Gasteiger partial charge >= 0.3 is 0 Å². The predicted molar refractivity (Wildman–Crippen MR) is 132 cm³/mol. The SMILES string of the molecule is CN(C)c1ccc(C2(c3cccc(N(C)C)c3)c3ccc(N(C)C)cc3CN2N)cc1. The van der Waals surface area contributed by atoms with E-state index in [4.69, 9.17) is 5.84 Å². The number of benzene rings is 3. The Kier molecular flexibility index (Phi) is 5.42. The van der Waals surface area contributed by atoms with E-state index in [2.05, 4.69) is 124 Å². The number of hydrogen-bond acceptors (Lipinski definition) is 5. The van der Waals surface area contributed by atoms with Crippen LogP contribution in [0.5, 0.6) is 0 Å². The first kappa shape index (κ1) is 21.2. The number of fused-ring (bicyclic) bond motifs is 1. The van der Waals surface area contributed by atoms with Crippen molar-refractivity contribution >= 4 is 17.1 Å². The zero-order chi connectivity index (χ0) is 22.3. The molecule has 3 aromatic rings. The van der Waals surface area contributed by atoms with Gasteiger partial charge in [0, 0.05) is 65.9 Å². The van der Waals surface area contributed by atoms with Gasteiger partial charge in [0.1, 0.15) is 5.54 Å². The lowest BCUT2D eigenvalue weighted by Crippen LogP contribution is -2.47. The normalized spacial score (nSPS) is 18.0. The van der Waals surface area contributed by atoms with Crippen LogP contribution >= 0.6 is 0 Å². The van der Waals surface area contributed by atoms with Gasteiger partial charge in [0.15, 0.2) is 0 Å². The number of nitrogens with zero attached hydrogens (tertiary/aromatic N) is 4. The summed E-state index contributed by atoms with van der Waals surface area (Å²) < 4.78 is 0. The number of nitrogens with two attached hydrogens (primary N) is 1. The van der Waals surface area contributed by atoms with Crippen LogP contribution in [0.25, 0.3) is 0 Å².